The predicted octanol–water partition coefficient (Wildman–Crippen LogP) is 6.05. The Balaban J connectivity index is 1.89. The Labute approximate surface area is 180 Å². The first-order valence-corrected chi connectivity index (χ1v) is 9.13. The molecule has 3 rings (SSSR count). The molecule has 0 bridgehead atoms. The highest BCUT2D eigenvalue weighted by molar-refractivity contribution is 6.30. The lowest BCUT2D eigenvalue weighted by Crippen LogP contribution is -2.13. The van der Waals surface area contributed by atoms with E-state index in [1.54, 1.807) is 36.4 Å². The predicted molar refractivity (Wildman–Crippen MR) is 109 cm³/mol. The van der Waals surface area contributed by atoms with E-state index in [0.717, 1.165) is 6.07 Å². The number of nitriles is 1. The second kappa shape index (κ2) is 9.37. The number of hydrogen-bond donors (Lipinski definition) is 0. The first-order valence-electron chi connectivity index (χ1n) is 8.75. The van der Waals surface area contributed by atoms with Gasteiger partial charge in [-0.3, -0.25) is 0 Å². The molecule has 0 aliphatic rings. The molecule has 0 fully saturated rings. The molecule has 0 amide bonds. The average molecular weight is 444 g/mol. The largest absolute Gasteiger partial charge is 0.493 e. The topological polar surface area (TPSA) is 59.3 Å². The molecule has 31 heavy (non-hydrogen) atoms. The minimum absolute atomic E-state index is 0.0706. The lowest BCUT2D eigenvalue weighted by molar-refractivity contribution is 0.0723. The van der Waals surface area contributed by atoms with Crippen molar-refractivity contribution < 1.29 is 27.4 Å². The molecule has 0 radical (unpaired) electrons. The quantitative estimate of drug-likeness (QED) is 0.158. The highest BCUT2D eigenvalue weighted by atomic mass is 35.5. The Hall–Kier alpha value is -3.76. The molecule has 8 heteroatoms. The van der Waals surface area contributed by atoms with Crippen molar-refractivity contribution in [1.29, 1.82) is 5.26 Å². The zero-order valence-electron chi connectivity index (χ0n) is 16.0. The van der Waals surface area contributed by atoms with Gasteiger partial charge < -0.3 is 9.47 Å². The van der Waals surface area contributed by atoms with Gasteiger partial charge in [-0.25, -0.2) is 18.0 Å². The number of allylic oxidation sites excluding steroid dienone is 1. The molecule has 0 atom stereocenters. The molecule has 0 unspecified atom stereocenters. The van der Waals surface area contributed by atoms with E-state index in [2.05, 4.69) is 6.07 Å². The van der Waals surface area contributed by atoms with Crippen molar-refractivity contribution >= 4 is 29.2 Å². The maximum atomic E-state index is 13.8. The fourth-order valence-corrected chi connectivity index (χ4v) is 2.80. The van der Waals surface area contributed by atoms with Crippen molar-refractivity contribution in [3.63, 3.8) is 0 Å². The maximum absolute atomic E-state index is 13.8. The van der Waals surface area contributed by atoms with Crippen LogP contribution in [-0.2, 0) is 0 Å². The van der Waals surface area contributed by atoms with Crippen LogP contribution >= 0.6 is 11.6 Å². The van der Waals surface area contributed by atoms with Crippen LogP contribution in [-0.4, -0.2) is 13.1 Å². The minimum atomic E-state index is -1.77. The van der Waals surface area contributed by atoms with Crippen LogP contribution in [0.3, 0.4) is 0 Å². The SMILES string of the molecule is COc1cc(/C=C(/C#N)c2ccc(Cl)cc2)ccc1OC(=O)c1ccc(F)c(F)c1F. The molecule has 4 nitrogen and oxygen atoms in total. The number of carbonyl (C=O) groups excluding carboxylic acids is 1. The van der Waals surface area contributed by atoms with Crippen LogP contribution in [0.15, 0.2) is 54.6 Å². The fourth-order valence-electron chi connectivity index (χ4n) is 2.67. The molecule has 0 saturated carbocycles. The molecule has 3 aromatic rings. The van der Waals surface area contributed by atoms with Gasteiger partial charge in [-0.1, -0.05) is 29.8 Å². The fraction of sp³-hybridized carbons (Fsp3) is 0.0435. The molecular weight excluding hydrogens is 431 g/mol. The van der Waals surface area contributed by atoms with Crippen LogP contribution in [0.2, 0.25) is 5.02 Å². The van der Waals surface area contributed by atoms with E-state index in [1.807, 2.05) is 0 Å². The second-order valence-electron chi connectivity index (χ2n) is 6.20. The van der Waals surface area contributed by atoms with E-state index in [-0.39, 0.29) is 11.5 Å². The van der Waals surface area contributed by atoms with E-state index in [1.165, 1.54) is 19.2 Å². The molecular formula is C23H13ClF3NO3. The lowest BCUT2D eigenvalue weighted by Gasteiger charge is -2.11. The van der Waals surface area contributed by atoms with Gasteiger partial charge in [-0.15, -0.1) is 0 Å². The summed E-state index contributed by atoms with van der Waals surface area (Å²) in [6.45, 7) is 0. The molecule has 0 aliphatic carbocycles. The maximum Gasteiger partial charge on any atom is 0.346 e. The van der Waals surface area contributed by atoms with Crippen molar-refractivity contribution in [2.45, 2.75) is 0 Å². The standard InChI is InChI=1S/C23H13ClF3NO3/c1-30-20-11-13(10-15(12-28)14-3-5-16(24)6-4-14)2-9-19(20)31-23(29)17-7-8-18(25)22(27)21(17)26/h2-11H,1H3/b15-10-. The smallest absolute Gasteiger partial charge is 0.346 e. The van der Waals surface area contributed by atoms with Gasteiger partial charge >= 0.3 is 5.97 Å². The van der Waals surface area contributed by atoms with Crippen molar-refractivity contribution in [2.75, 3.05) is 7.11 Å². The van der Waals surface area contributed by atoms with Crippen molar-refractivity contribution in [3.8, 4) is 17.6 Å². The third-order valence-corrected chi connectivity index (χ3v) is 4.48. The van der Waals surface area contributed by atoms with Crippen molar-refractivity contribution in [1.82, 2.24) is 0 Å². The molecule has 156 valence electrons. The van der Waals surface area contributed by atoms with E-state index in [9.17, 15) is 23.2 Å². The zero-order valence-corrected chi connectivity index (χ0v) is 16.7. The Morgan fingerprint density at radius 2 is 1.71 bits per heavy atom. The van der Waals surface area contributed by atoms with Crippen LogP contribution < -0.4 is 9.47 Å². The Bertz CT molecular complexity index is 1220. The summed E-state index contributed by atoms with van der Waals surface area (Å²) >= 11 is 5.87. The Kier molecular flexibility index (Phi) is 6.63. The van der Waals surface area contributed by atoms with Gasteiger partial charge in [-0.2, -0.15) is 5.26 Å². The van der Waals surface area contributed by atoms with Gasteiger partial charge in [0.25, 0.3) is 0 Å². The zero-order chi connectivity index (χ0) is 22.5. The molecule has 0 aromatic heterocycles. The third-order valence-electron chi connectivity index (χ3n) is 4.23. The number of ether oxygens (including phenoxy) is 2. The van der Waals surface area contributed by atoms with Gasteiger partial charge in [0, 0.05) is 5.02 Å². The highest BCUT2D eigenvalue weighted by Crippen LogP contribution is 2.31. The molecule has 0 saturated heterocycles. The lowest BCUT2D eigenvalue weighted by atomic mass is 10.0. The van der Waals surface area contributed by atoms with Crippen molar-refractivity contribution in [2.24, 2.45) is 0 Å². The summed E-state index contributed by atoms with van der Waals surface area (Å²) in [6, 6.07) is 14.6. The number of carbonyl (C=O) groups is 1. The molecule has 0 spiro atoms. The summed E-state index contributed by atoms with van der Waals surface area (Å²) in [5.41, 5.74) is 0.795. The van der Waals surface area contributed by atoms with Gasteiger partial charge in [0.1, 0.15) is 0 Å². The molecule has 3 aromatic carbocycles. The summed E-state index contributed by atoms with van der Waals surface area (Å²) in [5.74, 6) is -6.02. The van der Waals surface area contributed by atoms with Crippen LogP contribution in [0.4, 0.5) is 13.2 Å². The number of benzene rings is 3. The first kappa shape index (κ1) is 21.9. The molecule has 0 N–H and O–H groups in total. The molecule has 0 heterocycles. The monoisotopic (exact) mass is 443 g/mol. The number of nitrogens with zero attached hydrogens (tertiary/aromatic N) is 1. The summed E-state index contributed by atoms with van der Waals surface area (Å²) in [7, 11) is 1.32. The summed E-state index contributed by atoms with van der Waals surface area (Å²) in [6.07, 6.45) is 1.59. The van der Waals surface area contributed by atoms with E-state index in [4.69, 9.17) is 21.1 Å². The summed E-state index contributed by atoms with van der Waals surface area (Å²) in [5, 5.41) is 9.99. The average Bonchev–Trinajstić information content (AvgIpc) is 2.77. The van der Waals surface area contributed by atoms with Crippen LogP contribution in [0.1, 0.15) is 21.5 Å². The van der Waals surface area contributed by atoms with Gasteiger partial charge in [0.05, 0.1) is 24.3 Å². The first-order chi connectivity index (χ1) is 14.8. The van der Waals surface area contributed by atoms with Crippen LogP contribution in [0, 0.1) is 28.8 Å². The number of esters is 1. The normalized spacial score (nSPS) is 11.0. The van der Waals surface area contributed by atoms with Crippen LogP contribution in [0.5, 0.6) is 11.5 Å². The van der Waals surface area contributed by atoms with Crippen molar-refractivity contribution in [3.05, 3.63) is 93.8 Å². The highest BCUT2D eigenvalue weighted by Gasteiger charge is 2.21. The number of halogens is 4. The third kappa shape index (κ3) is 4.87. The minimum Gasteiger partial charge on any atom is -0.493 e. The Morgan fingerprint density at radius 3 is 2.35 bits per heavy atom. The van der Waals surface area contributed by atoms with E-state index in [0.29, 0.717) is 27.8 Å². The number of rotatable bonds is 5. The van der Waals surface area contributed by atoms with Gasteiger partial charge in [0.2, 0.25) is 0 Å². The summed E-state index contributed by atoms with van der Waals surface area (Å²) in [4.78, 5) is 12.2. The van der Waals surface area contributed by atoms with Crippen LogP contribution in [0.25, 0.3) is 11.6 Å². The van der Waals surface area contributed by atoms with E-state index >= 15 is 0 Å². The van der Waals surface area contributed by atoms with Gasteiger partial charge in [0.15, 0.2) is 29.0 Å². The number of hydrogen-bond acceptors (Lipinski definition) is 4. The Morgan fingerprint density at radius 1 is 1.00 bits per heavy atom. The summed E-state index contributed by atoms with van der Waals surface area (Å²) < 4.78 is 50.6. The molecule has 0 aliphatic heterocycles. The second-order valence-corrected chi connectivity index (χ2v) is 6.64. The van der Waals surface area contributed by atoms with Gasteiger partial charge in [-0.05, 0) is 53.6 Å². The van der Waals surface area contributed by atoms with E-state index < -0.39 is 29.0 Å². The number of methoxy groups -OCH3 is 1.